The summed E-state index contributed by atoms with van der Waals surface area (Å²) in [6, 6.07) is 2.27. The Labute approximate surface area is 94.2 Å². The summed E-state index contributed by atoms with van der Waals surface area (Å²) in [6.45, 7) is 5.64. The van der Waals surface area contributed by atoms with Crippen molar-refractivity contribution in [1.29, 1.82) is 0 Å². The molecular weight excluding hydrogens is 184 g/mol. The summed E-state index contributed by atoms with van der Waals surface area (Å²) in [7, 11) is 0. The van der Waals surface area contributed by atoms with Crippen LogP contribution >= 0.6 is 0 Å². The molecule has 1 heterocycles. The highest BCUT2D eigenvalue weighted by Gasteiger charge is 2.35. The molecular formula is C13H26N2. The van der Waals surface area contributed by atoms with Gasteiger partial charge in [0.2, 0.25) is 0 Å². The molecule has 0 aromatic heterocycles. The highest BCUT2D eigenvalue weighted by atomic mass is 15.2. The Kier molecular flexibility index (Phi) is 3.68. The van der Waals surface area contributed by atoms with Gasteiger partial charge in [-0.3, -0.25) is 4.90 Å². The maximum atomic E-state index is 5.92. The van der Waals surface area contributed by atoms with Crippen LogP contribution in [0.1, 0.15) is 52.4 Å². The molecule has 2 aliphatic rings. The van der Waals surface area contributed by atoms with Crippen molar-refractivity contribution < 1.29 is 0 Å². The van der Waals surface area contributed by atoms with E-state index in [1.807, 2.05) is 0 Å². The molecule has 0 amide bonds. The predicted molar refractivity (Wildman–Crippen MR) is 64.8 cm³/mol. The Hall–Kier alpha value is -0.0800. The van der Waals surface area contributed by atoms with Crippen LogP contribution < -0.4 is 5.73 Å². The van der Waals surface area contributed by atoms with Gasteiger partial charge in [-0.15, -0.1) is 0 Å². The monoisotopic (exact) mass is 210 g/mol. The van der Waals surface area contributed by atoms with Crippen LogP contribution in [0.25, 0.3) is 0 Å². The molecule has 4 atom stereocenters. The molecule has 0 aromatic carbocycles. The van der Waals surface area contributed by atoms with E-state index < -0.39 is 0 Å². The van der Waals surface area contributed by atoms with Crippen LogP contribution in [0, 0.1) is 5.92 Å². The van der Waals surface area contributed by atoms with Crippen molar-refractivity contribution in [3.05, 3.63) is 0 Å². The standard InChI is InChI=1S/C13H26N2/c1-10-6-7-12(8-10)15-11(2)4-3-5-13(15)9-14/h10-13H,3-9,14H2,1-2H3. The first-order chi connectivity index (χ1) is 7.22. The first-order valence-electron chi connectivity index (χ1n) is 6.70. The average molecular weight is 210 g/mol. The second-order valence-corrected chi connectivity index (χ2v) is 5.69. The Bertz CT molecular complexity index is 205. The number of piperidine rings is 1. The van der Waals surface area contributed by atoms with Crippen molar-refractivity contribution >= 4 is 0 Å². The third-order valence-electron chi connectivity index (χ3n) is 4.45. The van der Waals surface area contributed by atoms with Crippen molar-refractivity contribution in [3.63, 3.8) is 0 Å². The molecule has 0 spiro atoms. The molecule has 1 aliphatic carbocycles. The number of likely N-dealkylation sites (tertiary alicyclic amines) is 1. The summed E-state index contributed by atoms with van der Waals surface area (Å²) in [5.74, 6) is 0.933. The summed E-state index contributed by atoms with van der Waals surface area (Å²) < 4.78 is 0. The van der Waals surface area contributed by atoms with E-state index in [-0.39, 0.29) is 0 Å². The smallest absolute Gasteiger partial charge is 0.0224 e. The third kappa shape index (κ3) is 2.36. The van der Waals surface area contributed by atoms with Crippen LogP contribution in [-0.4, -0.2) is 29.6 Å². The molecule has 0 aromatic rings. The molecule has 2 fully saturated rings. The fourth-order valence-corrected chi connectivity index (χ4v) is 3.65. The average Bonchev–Trinajstić information content (AvgIpc) is 2.64. The van der Waals surface area contributed by atoms with E-state index in [0.29, 0.717) is 6.04 Å². The molecule has 15 heavy (non-hydrogen) atoms. The second kappa shape index (κ2) is 4.84. The molecule has 1 saturated carbocycles. The van der Waals surface area contributed by atoms with E-state index in [1.165, 1.54) is 38.5 Å². The molecule has 0 radical (unpaired) electrons. The lowest BCUT2D eigenvalue weighted by atomic mass is 9.93. The van der Waals surface area contributed by atoms with Gasteiger partial charge in [0.05, 0.1) is 0 Å². The second-order valence-electron chi connectivity index (χ2n) is 5.69. The number of nitrogens with two attached hydrogens (primary N) is 1. The lowest BCUT2D eigenvalue weighted by Gasteiger charge is -2.44. The first kappa shape index (κ1) is 11.4. The SMILES string of the molecule is CC1CCC(N2C(C)CCCC2CN)C1. The van der Waals surface area contributed by atoms with Crippen LogP contribution in [0.2, 0.25) is 0 Å². The van der Waals surface area contributed by atoms with E-state index in [0.717, 1.165) is 24.5 Å². The maximum Gasteiger partial charge on any atom is 0.0224 e. The minimum absolute atomic E-state index is 0.670. The Balaban J connectivity index is 2.02. The summed E-state index contributed by atoms with van der Waals surface area (Å²) >= 11 is 0. The summed E-state index contributed by atoms with van der Waals surface area (Å²) in [6.07, 6.45) is 8.31. The summed E-state index contributed by atoms with van der Waals surface area (Å²) in [5, 5.41) is 0. The zero-order valence-corrected chi connectivity index (χ0v) is 10.3. The van der Waals surface area contributed by atoms with Crippen molar-refractivity contribution in [2.45, 2.75) is 70.5 Å². The van der Waals surface area contributed by atoms with Crippen molar-refractivity contribution in [1.82, 2.24) is 4.90 Å². The number of nitrogens with zero attached hydrogens (tertiary/aromatic N) is 1. The lowest BCUT2D eigenvalue weighted by Crippen LogP contribution is -2.53. The maximum absolute atomic E-state index is 5.92. The van der Waals surface area contributed by atoms with Crippen LogP contribution in [-0.2, 0) is 0 Å². The van der Waals surface area contributed by atoms with Gasteiger partial charge < -0.3 is 5.73 Å². The topological polar surface area (TPSA) is 29.3 Å². The minimum Gasteiger partial charge on any atom is -0.329 e. The summed E-state index contributed by atoms with van der Waals surface area (Å²) in [5.41, 5.74) is 5.92. The highest BCUT2D eigenvalue weighted by Crippen LogP contribution is 2.34. The zero-order chi connectivity index (χ0) is 10.8. The molecule has 1 aliphatic heterocycles. The Morgan fingerprint density at radius 1 is 1.13 bits per heavy atom. The molecule has 2 nitrogen and oxygen atoms in total. The highest BCUT2D eigenvalue weighted by molar-refractivity contribution is 4.91. The van der Waals surface area contributed by atoms with Gasteiger partial charge >= 0.3 is 0 Å². The van der Waals surface area contributed by atoms with Gasteiger partial charge in [0.1, 0.15) is 0 Å². The van der Waals surface area contributed by atoms with Crippen LogP contribution in [0.3, 0.4) is 0 Å². The van der Waals surface area contributed by atoms with Crippen molar-refractivity contribution in [3.8, 4) is 0 Å². The van der Waals surface area contributed by atoms with Gasteiger partial charge in [-0.05, 0) is 44.9 Å². The zero-order valence-electron chi connectivity index (χ0n) is 10.3. The molecule has 2 N–H and O–H groups in total. The fourth-order valence-electron chi connectivity index (χ4n) is 3.65. The van der Waals surface area contributed by atoms with E-state index in [9.17, 15) is 0 Å². The number of hydrogen-bond acceptors (Lipinski definition) is 2. The minimum atomic E-state index is 0.670. The molecule has 4 unspecified atom stereocenters. The largest absolute Gasteiger partial charge is 0.329 e. The summed E-state index contributed by atoms with van der Waals surface area (Å²) in [4.78, 5) is 2.76. The van der Waals surface area contributed by atoms with Gasteiger partial charge in [0, 0.05) is 24.7 Å². The number of rotatable bonds is 2. The van der Waals surface area contributed by atoms with Gasteiger partial charge in [-0.1, -0.05) is 13.3 Å². The predicted octanol–water partition coefficient (Wildman–Crippen LogP) is 2.38. The quantitative estimate of drug-likeness (QED) is 0.758. The van der Waals surface area contributed by atoms with E-state index in [1.54, 1.807) is 0 Å². The molecule has 1 saturated heterocycles. The van der Waals surface area contributed by atoms with Crippen LogP contribution in [0.15, 0.2) is 0 Å². The van der Waals surface area contributed by atoms with E-state index >= 15 is 0 Å². The van der Waals surface area contributed by atoms with Crippen molar-refractivity contribution in [2.75, 3.05) is 6.54 Å². The lowest BCUT2D eigenvalue weighted by molar-refractivity contribution is 0.0511. The molecule has 0 bridgehead atoms. The van der Waals surface area contributed by atoms with E-state index in [2.05, 4.69) is 18.7 Å². The normalized spacial score (nSPS) is 43.4. The Morgan fingerprint density at radius 2 is 1.93 bits per heavy atom. The first-order valence-corrected chi connectivity index (χ1v) is 6.70. The molecule has 88 valence electrons. The van der Waals surface area contributed by atoms with Gasteiger partial charge in [0.15, 0.2) is 0 Å². The van der Waals surface area contributed by atoms with Crippen LogP contribution in [0.4, 0.5) is 0 Å². The fraction of sp³-hybridized carbons (Fsp3) is 1.00. The van der Waals surface area contributed by atoms with E-state index in [4.69, 9.17) is 5.73 Å². The van der Waals surface area contributed by atoms with Gasteiger partial charge in [-0.25, -0.2) is 0 Å². The number of hydrogen-bond donors (Lipinski definition) is 1. The molecule has 2 heteroatoms. The van der Waals surface area contributed by atoms with Crippen molar-refractivity contribution in [2.24, 2.45) is 11.7 Å². The Morgan fingerprint density at radius 3 is 2.53 bits per heavy atom. The van der Waals surface area contributed by atoms with Gasteiger partial charge in [-0.2, -0.15) is 0 Å². The van der Waals surface area contributed by atoms with Gasteiger partial charge in [0.25, 0.3) is 0 Å². The third-order valence-corrected chi connectivity index (χ3v) is 4.45. The molecule has 2 rings (SSSR count). The van der Waals surface area contributed by atoms with Crippen LogP contribution in [0.5, 0.6) is 0 Å².